The SMILES string of the molecule is C=CC(=O)N1CCN(c2nc(OCCN3CCC(c4cc(OC(F)(F)F)cc(N5CCc6c(nc(O[C@H](C)CN(C)C)nc6N6CCN(C(=O)C=C)CC6)C5)c4O)C3)nc3c2CCN(c2cc(O)cc4ccccc24)C3)CC1. The van der Waals surface area contributed by atoms with Crippen molar-refractivity contribution in [3.63, 3.8) is 0 Å². The van der Waals surface area contributed by atoms with Crippen LogP contribution in [-0.2, 0) is 35.5 Å². The molecule has 2 aromatic heterocycles. The quantitative estimate of drug-likeness (QED) is 0.115. The number of halogens is 3. The molecule has 3 fully saturated rings. The number of phenols is 2. The molecule has 19 nitrogen and oxygen atoms in total. The monoisotopic (exact) mass is 1080 g/mol. The Labute approximate surface area is 451 Å². The summed E-state index contributed by atoms with van der Waals surface area (Å²) in [4.78, 5) is 60.6. The normalized spacial score (nSPS) is 18.5. The standard InChI is InChI=1S/C56H67F3N12O7/c1-6-49(73)66-18-22-68(23-19-66)52-42-13-16-70(47-29-39(72)28-37-10-8-9-11-41(37)47)34-45(42)60-54(62-52)76-27-26-65-15-12-38(33-65)44-30-40(78-56(57,58)59)31-48(51(44)75)71-17-14-43-46(35-71)61-55(77-36(3)32-64(4)5)63-53(43)69-24-20-67(21-25-69)50(74)7-2/h6-11,28-31,36,38,72,75H,1-2,12-27,32-35H2,3-5H3/t36-,38?/m1/s1. The van der Waals surface area contributed by atoms with Gasteiger partial charge in [0.2, 0.25) is 11.8 Å². The number of rotatable bonds is 16. The van der Waals surface area contributed by atoms with E-state index < -0.39 is 12.1 Å². The number of hydrogen-bond donors (Lipinski definition) is 2. The van der Waals surface area contributed by atoms with Crippen molar-refractivity contribution in [1.82, 2.24) is 39.5 Å². The van der Waals surface area contributed by atoms with Crippen LogP contribution in [0.4, 0.5) is 36.2 Å². The number of piperazine rings is 2. The topological polar surface area (TPSA) is 180 Å². The third kappa shape index (κ3) is 11.9. The van der Waals surface area contributed by atoms with Crippen LogP contribution in [-0.4, -0.2) is 186 Å². The Kier molecular flexibility index (Phi) is 15.7. The summed E-state index contributed by atoms with van der Waals surface area (Å²) in [7, 11) is 3.88. The molecular formula is C56H67F3N12O7. The lowest BCUT2D eigenvalue weighted by atomic mass is 9.95. The van der Waals surface area contributed by atoms with Crippen LogP contribution >= 0.6 is 0 Å². The number of nitrogens with zero attached hydrogens (tertiary/aromatic N) is 12. The van der Waals surface area contributed by atoms with Crippen molar-refractivity contribution < 1.29 is 47.2 Å². The van der Waals surface area contributed by atoms with Crippen molar-refractivity contribution >= 4 is 45.6 Å². The maximum atomic E-state index is 14.0. The first-order valence-electron chi connectivity index (χ1n) is 26.6. The van der Waals surface area contributed by atoms with Gasteiger partial charge in [-0.05, 0) is 76.5 Å². The molecule has 78 heavy (non-hydrogen) atoms. The summed E-state index contributed by atoms with van der Waals surface area (Å²) in [6.45, 7) is 17.2. The minimum atomic E-state index is -4.98. The maximum Gasteiger partial charge on any atom is 0.573 e. The van der Waals surface area contributed by atoms with Crippen LogP contribution in [0.15, 0.2) is 73.8 Å². The minimum Gasteiger partial charge on any atom is -0.508 e. The lowest BCUT2D eigenvalue weighted by Gasteiger charge is -2.38. The van der Waals surface area contributed by atoms with E-state index in [0.717, 1.165) is 39.1 Å². The van der Waals surface area contributed by atoms with Gasteiger partial charge in [0.25, 0.3) is 0 Å². The highest BCUT2D eigenvalue weighted by Crippen LogP contribution is 2.45. The number of likely N-dealkylation sites (tertiary alicyclic amines) is 1. The zero-order valence-corrected chi connectivity index (χ0v) is 44.4. The Bertz CT molecular complexity index is 3060. The molecule has 22 heteroatoms. The van der Waals surface area contributed by atoms with Crippen LogP contribution < -0.4 is 33.8 Å². The predicted octanol–water partition coefficient (Wildman–Crippen LogP) is 5.72. The molecule has 0 spiro atoms. The predicted molar refractivity (Wildman–Crippen MR) is 290 cm³/mol. The van der Waals surface area contributed by atoms with Gasteiger partial charge in [0, 0.05) is 131 Å². The van der Waals surface area contributed by atoms with Crippen molar-refractivity contribution in [3.05, 3.63) is 102 Å². The average molecular weight is 1080 g/mol. The second-order valence-corrected chi connectivity index (χ2v) is 20.8. The average Bonchev–Trinajstić information content (AvgIpc) is 3.99. The Morgan fingerprint density at radius 3 is 1.95 bits per heavy atom. The van der Waals surface area contributed by atoms with Crippen LogP contribution in [0, 0.1) is 0 Å². The number of fused-ring (bicyclic) bond motifs is 3. The lowest BCUT2D eigenvalue weighted by molar-refractivity contribution is -0.274. The number of aromatic hydroxyl groups is 2. The summed E-state index contributed by atoms with van der Waals surface area (Å²) >= 11 is 0. The molecule has 414 valence electrons. The van der Waals surface area contributed by atoms with Crippen LogP contribution in [0.5, 0.6) is 29.3 Å². The number of amides is 2. The van der Waals surface area contributed by atoms with Crippen LogP contribution in [0.1, 0.15) is 47.3 Å². The highest BCUT2D eigenvalue weighted by molar-refractivity contribution is 5.96. The number of alkyl halides is 3. The van der Waals surface area contributed by atoms with Gasteiger partial charge >= 0.3 is 18.4 Å². The zero-order valence-electron chi connectivity index (χ0n) is 44.4. The smallest absolute Gasteiger partial charge is 0.508 e. The highest BCUT2D eigenvalue weighted by atomic mass is 19.4. The molecule has 0 bridgehead atoms. The summed E-state index contributed by atoms with van der Waals surface area (Å²) in [6, 6.07) is 14.4. The molecule has 3 saturated heterocycles. The number of aromatic nitrogens is 4. The zero-order chi connectivity index (χ0) is 54.8. The largest absolute Gasteiger partial charge is 0.573 e. The number of carbonyl (C=O) groups is 2. The van der Waals surface area contributed by atoms with E-state index in [0.29, 0.717) is 135 Å². The molecule has 0 saturated carbocycles. The van der Waals surface area contributed by atoms with Crippen molar-refractivity contribution in [2.75, 3.05) is 132 Å². The fraction of sp³-hybridized carbons (Fsp3) is 0.464. The summed E-state index contributed by atoms with van der Waals surface area (Å²) in [5, 5.41) is 24.8. The highest BCUT2D eigenvalue weighted by Gasteiger charge is 2.37. The molecule has 5 aliphatic rings. The summed E-state index contributed by atoms with van der Waals surface area (Å²) in [6.07, 6.45) is -0.981. The van der Waals surface area contributed by atoms with E-state index in [-0.39, 0.29) is 66.2 Å². The van der Waals surface area contributed by atoms with Gasteiger partial charge in [-0.2, -0.15) is 19.9 Å². The van der Waals surface area contributed by atoms with Gasteiger partial charge in [0.1, 0.15) is 41.6 Å². The molecule has 5 aromatic rings. The molecule has 3 aromatic carbocycles. The fourth-order valence-electron chi connectivity index (χ4n) is 11.5. The number of anilines is 4. The van der Waals surface area contributed by atoms with Crippen LogP contribution in [0.2, 0.25) is 0 Å². The molecule has 0 radical (unpaired) electrons. The fourth-order valence-corrected chi connectivity index (χ4v) is 11.5. The number of hydrogen-bond acceptors (Lipinski definition) is 17. The molecule has 5 aliphatic heterocycles. The molecule has 0 aliphatic carbocycles. The van der Waals surface area contributed by atoms with Crippen molar-refractivity contribution in [2.45, 2.75) is 57.7 Å². The Morgan fingerprint density at radius 1 is 0.756 bits per heavy atom. The van der Waals surface area contributed by atoms with Gasteiger partial charge in [-0.25, -0.2) is 0 Å². The van der Waals surface area contributed by atoms with Gasteiger partial charge in [-0.15, -0.1) is 13.2 Å². The lowest BCUT2D eigenvalue weighted by Crippen LogP contribution is -2.49. The van der Waals surface area contributed by atoms with E-state index >= 15 is 0 Å². The molecule has 7 heterocycles. The second kappa shape index (κ2) is 22.8. The van der Waals surface area contributed by atoms with Crippen molar-refractivity contribution in [3.8, 4) is 29.3 Å². The van der Waals surface area contributed by atoms with E-state index in [1.54, 1.807) is 21.9 Å². The first-order chi connectivity index (χ1) is 37.5. The van der Waals surface area contributed by atoms with Gasteiger partial charge in [-0.3, -0.25) is 14.5 Å². The van der Waals surface area contributed by atoms with E-state index in [1.165, 1.54) is 24.3 Å². The van der Waals surface area contributed by atoms with Crippen molar-refractivity contribution in [2.24, 2.45) is 0 Å². The first kappa shape index (κ1) is 53.8. The van der Waals surface area contributed by atoms with E-state index in [4.69, 9.17) is 29.4 Å². The number of benzene rings is 3. The first-order valence-corrected chi connectivity index (χ1v) is 26.6. The molecule has 1 unspecified atom stereocenters. The van der Waals surface area contributed by atoms with E-state index in [1.807, 2.05) is 55.1 Å². The molecular weight excluding hydrogens is 1010 g/mol. The number of phenolic OH excluding ortho intramolecular Hbond substituents is 2. The molecule has 10 rings (SSSR count). The van der Waals surface area contributed by atoms with Gasteiger partial charge < -0.3 is 58.7 Å². The maximum absolute atomic E-state index is 14.0. The van der Waals surface area contributed by atoms with Crippen molar-refractivity contribution in [1.29, 1.82) is 0 Å². The van der Waals surface area contributed by atoms with Crippen LogP contribution in [0.25, 0.3) is 10.8 Å². The van der Waals surface area contributed by atoms with E-state index in [2.05, 4.69) is 37.5 Å². The third-order valence-electron chi connectivity index (χ3n) is 15.3. The van der Waals surface area contributed by atoms with Crippen LogP contribution in [0.3, 0.4) is 0 Å². The van der Waals surface area contributed by atoms with Gasteiger partial charge in [-0.1, -0.05) is 37.4 Å². The summed E-state index contributed by atoms with van der Waals surface area (Å²) in [5.74, 6) is 0.476. The van der Waals surface area contributed by atoms with Gasteiger partial charge in [0.05, 0.1) is 30.2 Å². The number of ether oxygens (including phenoxy) is 3. The van der Waals surface area contributed by atoms with E-state index in [9.17, 15) is 33.0 Å². The third-order valence-corrected chi connectivity index (χ3v) is 15.3. The Balaban J connectivity index is 0.866. The summed E-state index contributed by atoms with van der Waals surface area (Å²) < 4.78 is 59.3. The number of carbonyl (C=O) groups excluding carboxylic acids is 2. The second-order valence-electron chi connectivity index (χ2n) is 20.8. The Morgan fingerprint density at radius 2 is 1.35 bits per heavy atom. The summed E-state index contributed by atoms with van der Waals surface area (Å²) in [5.41, 5.74) is 4.75. The van der Waals surface area contributed by atoms with Gasteiger partial charge in [0.15, 0.2) is 0 Å². The molecule has 2 amide bonds. The Hall–Kier alpha value is -7.59. The minimum absolute atomic E-state index is 0.116. The molecule has 2 atom stereocenters. The number of likely N-dealkylation sites (N-methyl/N-ethyl adjacent to an activating group) is 1. The molecule has 2 N–H and O–H groups in total.